The van der Waals surface area contributed by atoms with Crippen molar-refractivity contribution >= 4 is 41.9 Å². The number of sulfonamides is 1. The highest BCUT2D eigenvalue weighted by Crippen LogP contribution is 2.46. The Morgan fingerprint density at radius 1 is 1.26 bits per heavy atom. The maximum atomic E-state index is 12.4. The van der Waals surface area contributed by atoms with Gasteiger partial charge in [0.05, 0.1) is 10.5 Å². The largest absolute Gasteiger partial charge is 0.387 e. The summed E-state index contributed by atoms with van der Waals surface area (Å²) >= 11 is 6.57. The molecule has 4 nitrogen and oxygen atoms in total. The zero-order valence-electron chi connectivity index (χ0n) is 10.0. The molecule has 1 N–H and O–H groups in total. The van der Waals surface area contributed by atoms with E-state index in [1.54, 1.807) is 18.2 Å². The van der Waals surface area contributed by atoms with Crippen molar-refractivity contribution in [3.63, 3.8) is 0 Å². The first-order valence-corrected chi connectivity index (χ1v) is 9.03. The van der Waals surface area contributed by atoms with Crippen molar-refractivity contribution in [1.82, 2.24) is 4.31 Å². The third-order valence-corrected chi connectivity index (χ3v) is 7.01. The number of hydrogen-bond donors (Lipinski definition) is 1. The molecule has 1 aliphatic heterocycles. The summed E-state index contributed by atoms with van der Waals surface area (Å²) in [6, 6.07) is 4.97. The van der Waals surface area contributed by atoms with Crippen LogP contribution in [0, 0.1) is 5.92 Å². The maximum Gasteiger partial charge on any atom is 0.244 e. The fourth-order valence-electron chi connectivity index (χ4n) is 2.44. The lowest BCUT2D eigenvalue weighted by molar-refractivity contribution is -0.0764. The molecule has 104 valence electrons. The van der Waals surface area contributed by atoms with Crippen LogP contribution in [0.15, 0.2) is 32.0 Å². The van der Waals surface area contributed by atoms with Crippen LogP contribution in [0.5, 0.6) is 0 Å². The second kappa shape index (κ2) is 4.53. The quantitative estimate of drug-likeness (QED) is 0.831. The van der Waals surface area contributed by atoms with Crippen molar-refractivity contribution in [2.75, 3.05) is 13.1 Å². The van der Waals surface area contributed by atoms with Gasteiger partial charge in [-0.15, -0.1) is 0 Å². The standard InChI is InChI=1S/C12H13Br2NO3S/c13-9-3-4-11(10(14)5-9)19(17,18)15-6-12(16,7-15)8-1-2-8/h3-5,8,16H,1-2,6-7H2. The molecule has 0 amide bonds. The van der Waals surface area contributed by atoms with Gasteiger partial charge in [-0.25, -0.2) is 8.42 Å². The number of rotatable bonds is 3. The molecule has 1 aromatic rings. The maximum absolute atomic E-state index is 12.4. The van der Waals surface area contributed by atoms with E-state index in [0.717, 1.165) is 17.3 Å². The van der Waals surface area contributed by atoms with Crippen LogP contribution in [0.25, 0.3) is 0 Å². The molecule has 1 saturated carbocycles. The van der Waals surface area contributed by atoms with Crippen LogP contribution in [0.2, 0.25) is 0 Å². The first kappa shape index (κ1) is 14.0. The highest BCUT2D eigenvalue weighted by molar-refractivity contribution is 9.11. The van der Waals surface area contributed by atoms with Crippen molar-refractivity contribution in [3.8, 4) is 0 Å². The van der Waals surface area contributed by atoms with Gasteiger partial charge in [0.15, 0.2) is 0 Å². The molecule has 0 unspecified atom stereocenters. The molecule has 0 spiro atoms. The van der Waals surface area contributed by atoms with Crippen LogP contribution >= 0.6 is 31.9 Å². The van der Waals surface area contributed by atoms with Gasteiger partial charge >= 0.3 is 0 Å². The molecule has 0 bridgehead atoms. The summed E-state index contributed by atoms with van der Waals surface area (Å²) in [5.74, 6) is 0.285. The summed E-state index contributed by atoms with van der Waals surface area (Å²) < 4.78 is 27.6. The number of hydrogen-bond acceptors (Lipinski definition) is 3. The molecule has 19 heavy (non-hydrogen) atoms. The van der Waals surface area contributed by atoms with Gasteiger partial charge in [-0.2, -0.15) is 4.31 Å². The molecule has 7 heteroatoms. The average Bonchev–Trinajstić information content (AvgIpc) is 3.07. The summed E-state index contributed by atoms with van der Waals surface area (Å²) in [6.45, 7) is 0.422. The van der Waals surface area contributed by atoms with Gasteiger partial charge in [-0.1, -0.05) is 15.9 Å². The van der Waals surface area contributed by atoms with Crippen molar-refractivity contribution in [3.05, 3.63) is 27.1 Å². The van der Waals surface area contributed by atoms with Crippen molar-refractivity contribution in [1.29, 1.82) is 0 Å². The molecule has 2 fully saturated rings. The van der Waals surface area contributed by atoms with E-state index in [1.807, 2.05) is 0 Å². The Morgan fingerprint density at radius 2 is 1.89 bits per heavy atom. The van der Waals surface area contributed by atoms with E-state index in [9.17, 15) is 13.5 Å². The minimum atomic E-state index is -3.52. The summed E-state index contributed by atoms with van der Waals surface area (Å²) in [5.41, 5.74) is -0.797. The number of β-amino-alcohol motifs (C(OH)–C–C–N with tert-alkyl or cyclic N) is 1. The van der Waals surface area contributed by atoms with Crippen LogP contribution in [0.4, 0.5) is 0 Å². The topological polar surface area (TPSA) is 57.6 Å². The van der Waals surface area contributed by atoms with E-state index < -0.39 is 15.6 Å². The zero-order chi connectivity index (χ0) is 13.8. The molecule has 3 rings (SSSR count). The predicted octanol–water partition coefficient (Wildman–Crippen LogP) is 2.36. The number of aliphatic hydroxyl groups is 1. The number of nitrogens with zero attached hydrogens (tertiary/aromatic N) is 1. The third-order valence-electron chi connectivity index (χ3n) is 3.75. The van der Waals surface area contributed by atoms with Crippen molar-refractivity contribution < 1.29 is 13.5 Å². The zero-order valence-corrected chi connectivity index (χ0v) is 14.0. The molecular weight excluding hydrogens is 398 g/mol. The Balaban J connectivity index is 1.84. The highest BCUT2D eigenvalue weighted by atomic mass is 79.9. The molecule has 1 aliphatic carbocycles. The Bertz CT molecular complexity index is 622. The Hall–Kier alpha value is 0.0500. The molecule has 1 aromatic carbocycles. The fraction of sp³-hybridized carbons (Fsp3) is 0.500. The van der Waals surface area contributed by atoms with Crippen LogP contribution in [-0.4, -0.2) is 36.5 Å². The highest BCUT2D eigenvalue weighted by Gasteiger charge is 2.55. The summed E-state index contributed by atoms with van der Waals surface area (Å²) in [6.07, 6.45) is 2.01. The van der Waals surface area contributed by atoms with Crippen LogP contribution in [0.3, 0.4) is 0 Å². The summed E-state index contributed by atoms with van der Waals surface area (Å²) in [7, 11) is -3.52. The first-order chi connectivity index (χ1) is 8.83. The van der Waals surface area contributed by atoms with E-state index in [1.165, 1.54) is 4.31 Å². The molecule has 0 atom stereocenters. The van der Waals surface area contributed by atoms with Gasteiger partial charge in [0.1, 0.15) is 0 Å². The van der Waals surface area contributed by atoms with Gasteiger partial charge in [-0.3, -0.25) is 0 Å². The first-order valence-electron chi connectivity index (χ1n) is 6.00. The van der Waals surface area contributed by atoms with E-state index in [2.05, 4.69) is 31.9 Å². The minimum absolute atomic E-state index is 0.211. The van der Waals surface area contributed by atoms with Gasteiger partial charge in [0, 0.05) is 22.0 Å². The molecular formula is C12H13Br2NO3S. The van der Waals surface area contributed by atoms with Gasteiger partial charge in [0.2, 0.25) is 10.0 Å². The number of halogens is 2. The summed E-state index contributed by atoms with van der Waals surface area (Å²) in [5, 5.41) is 10.2. The number of benzene rings is 1. The lowest BCUT2D eigenvalue weighted by Gasteiger charge is -2.45. The smallest absolute Gasteiger partial charge is 0.244 e. The normalized spacial score (nSPS) is 23.1. The summed E-state index contributed by atoms with van der Waals surface area (Å²) in [4.78, 5) is 0.244. The van der Waals surface area contributed by atoms with E-state index in [4.69, 9.17) is 0 Å². The molecule has 1 heterocycles. The van der Waals surface area contributed by atoms with E-state index in [-0.39, 0.29) is 23.9 Å². The minimum Gasteiger partial charge on any atom is -0.387 e. The van der Waals surface area contributed by atoms with Crippen molar-refractivity contribution in [2.24, 2.45) is 5.92 Å². The van der Waals surface area contributed by atoms with Gasteiger partial charge in [0.25, 0.3) is 0 Å². The second-order valence-corrected chi connectivity index (χ2v) is 8.90. The molecule has 1 saturated heterocycles. The fourth-order valence-corrected chi connectivity index (χ4v) is 5.71. The van der Waals surface area contributed by atoms with E-state index >= 15 is 0 Å². The Labute approximate surface area is 129 Å². The second-order valence-electron chi connectivity index (χ2n) is 5.23. The Kier molecular flexibility index (Phi) is 3.34. The van der Waals surface area contributed by atoms with Gasteiger partial charge < -0.3 is 5.11 Å². The lowest BCUT2D eigenvalue weighted by Crippen LogP contribution is -2.64. The van der Waals surface area contributed by atoms with Crippen molar-refractivity contribution in [2.45, 2.75) is 23.3 Å². The molecule has 0 radical (unpaired) electrons. The van der Waals surface area contributed by atoms with E-state index in [0.29, 0.717) is 4.47 Å². The molecule has 2 aliphatic rings. The third kappa shape index (κ3) is 2.40. The predicted molar refractivity (Wildman–Crippen MR) is 78.3 cm³/mol. The van der Waals surface area contributed by atoms with Crippen LogP contribution in [0.1, 0.15) is 12.8 Å². The Morgan fingerprint density at radius 3 is 2.42 bits per heavy atom. The monoisotopic (exact) mass is 409 g/mol. The molecule has 0 aromatic heterocycles. The SMILES string of the molecule is O=S(=O)(c1ccc(Br)cc1Br)N1CC(O)(C2CC2)C1. The van der Waals surface area contributed by atoms with Crippen LogP contribution in [-0.2, 0) is 10.0 Å². The van der Waals surface area contributed by atoms with Gasteiger partial charge in [-0.05, 0) is 52.9 Å². The van der Waals surface area contributed by atoms with Crippen LogP contribution < -0.4 is 0 Å². The lowest BCUT2D eigenvalue weighted by atomic mass is 9.91. The average molecular weight is 411 g/mol.